The molecule has 0 aromatic heterocycles. The Balaban J connectivity index is 1.89. The number of ether oxygens (including phenoxy) is 1. The Hall–Kier alpha value is -2.08. The molecule has 2 atom stereocenters. The molecular formula is C17H24N2O4. The number of piperazine rings is 1. The Morgan fingerprint density at radius 1 is 1.13 bits per heavy atom. The number of benzene rings is 1. The molecule has 0 saturated carbocycles. The lowest BCUT2D eigenvalue weighted by molar-refractivity contribution is -0.145. The molecule has 0 radical (unpaired) electrons. The SMILES string of the molecule is Cc1ccccc1OC(C)C(=O)N1CCN(C(C)C(=O)O)CC1. The van der Waals surface area contributed by atoms with Gasteiger partial charge in [-0.2, -0.15) is 0 Å². The summed E-state index contributed by atoms with van der Waals surface area (Å²) in [6.45, 7) is 7.55. The predicted molar refractivity (Wildman–Crippen MR) is 86.5 cm³/mol. The molecule has 1 heterocycles. The summed E-state index contributed by atoms with van der Waals surface area (Å²) >= 11 is 0. The van der Waals surface area contributed by atoms with Gasteiger partial charge in [0.05, 0.1) is 0 Å². The van der Waals surface area contributed by atoms with E-state index >= 15 is 0 Å². The van der Waals surface area contributed by atoms with Crippen molar-refractivity contribution in [1.29, 1.82) is 0 Å². The van der Waals surface area contributed by atoms with Crippen LogP contribution in [0, 0.1) is 6.92 Å². The first-order valence-corrected chi connectivity index (χ1v) is 7.88. The number of amides is 1. The molecule has 1 amide bonds. The molecule has 0 spiro atoms. The molecule has 0 aliphatic carbocycles. The Labute approximate surface area is 136 Å². The van der Waals surface area contributed by atoms with Gasteiger partial charge in [0.1, 0.15) is 11.8 Å². The minimum absolute atomic E-state index is 0.0594. The van der Waals surface area contributed by atoms with Crippen molar-refractivity contribution in [2.24, 2.45) is 0 Å². The molecule has 1 aliphatic heterocycles. The first kappa shape index (κ1) is 17.3. The van der Waals surface area contributed by atoms with Crippen molar-refractivity contribution in [2.45, 2.75) is 32.9 Å². The van der Waals surface area contributed by atoms with E-state index in [9.17, 15) is 9.59 Å². The number of para-hydroxylation sites is 1. The van der Waals surface area contributed by atoms with E-state index in [1.807, 2.05) is 36.1 Å². The van der Waals surface area contributed by atoms with E-state index in [2.05, 4.69) is 0 Å². The summed E-state index contributed by atoms with van der Waals surface area (Å²) in [5, 5.41) is 9.05. The topological polar surface area (TPSA) is 70.1 Å². The van der Waals surface area contributed by atoms with E-state index in [0.717, 1.165) is 5.56 Å². The molecule has 2 rings (SSSR count). The number of aliphatic carboxylic acids is 1. The molecule has 1 aromatic rings. The van der Waals surface area contributed by atoms with Gasteiger partial charge in [-0.1, -0.05) is 18.2 Å². The molecule has 126 valence electrons. The minimum atomic E-state index is -0.832. The van der Waals surface area contributed by atoms with Crippen molar-refractivity contribution in [3.8, 4) is 5.75 Å². The van der Waals surface area contributed by atoms with Crippen LogP contribution < -0.4 is 4.74 Å². The van der Waals surface area contributed by atoms with Gasteiger partial charge in [0.2, 0.25) is 0 Å². The third-order valence-corrected chi connectivity index (χ3v) is 4.28. The maximum absolute atomic E-state index is 12.5. The Bertz CT molecular complexity index is 567. The predicted octanol–water partition coefficient (Wildman–Crippen LogP) is 1.38. The van der Waals surface area contributed by atoms with E-state index < -0.39 is 18.1 Å². The number of nitrogens with zero attached hydrogens (tertiary/aromatic N) is 2. The molecule has 0 bridgehead atoms. The lowest BCUT2D eigenvalue weighted by atomic mass is 10.2. The summed E-state index contributed by atoms with van der Waals surface area (Å²) in [6, 6.07) is 7.08. The van der Waals surface area contributed by atoms with E-state index in [-0.39, 0.29) is 5.91 Å². The molecular weight excluding hydrogens is 296 g/mol. The highest BCUT2D eigenvalue weighted by Crippen LogP contribution is 2.19. The highest BCUT2D eigenvalue weighted by molar-refractivity contribution is 5.81. The van der Waals surface area contributed by atoms with Gasteiger partial charge in [0.25, 0.3) is 5.91 Å². The van der Waals surface area contributed by atoms with Crippen molar-refractivity contribution in [3.05, 3.63) is 29.8 Å². The lowest BCUT2D eigenvalue weighted by Gasteiger charge is -2.37. The number of hydrogen-bond donors (Lipinski definition) is 1. The Morgan fingerprint density at radius 3 is 2.30 bits per heavy atom. The molecule has 2 unspecified atom stereocenters. The Kier molecular flexibility index (Phi) is 5.60. The number of carboxylic acids is 1. The largest absolute Gasteiger partial charge is 0.481 e. The van der Waals surface area contributed by atoms with Crippen LogP contribution in [0.1, 0.15) is 19.4 Å². The molecule has 1 aliphatic rings. The highest BCUT2D eigenvalue weighted by Gasteiger charge is 2.29. The zero-order valence-corrected chi connectivity index (χ0v) is 13.9. The van der Waals surface area contributed by atoms with Crippen LogP contribution >= 0.6 is 0 Å². The van der Waals surface area contributed by atoms with E-state index in [1.165, 1.54) is 0 Å². The van der Waals surface area contributed by atoms with E-state index in [0.29, 0.717) is 31.9 Å². The number of hydrogen-bond acceptors (Lipinski definition) is 4. The normalized spacial score (nSPS) is 18.3. The van der Waals surface area contributed by atoms with Gasteiger partial charge in [0.15, 0.2) is 6.10 Å². The van der Waals surface area contributed by atoms with Crippen molar-refractivity contribution >= 4 is 11.9 Å². The highest BCUT2D eigenvalue weighted by atomic mass is 16.5. The fourth-order valence-electron chi connectivity index (χ4n) is 2.67. The minimum Gasteiger partial charge on any atom is -0.481 e. The van der Waals surface area contributed by atoms with Crippen LogP contribution in [-0.4, -0.2) is 65.1 Å². The summed E-state index contributed by atoms with van der Waals surface area (Å²) < 4.78 is 5.77. The maximum Gasteiger partial charge on any atom is 0.320 e. The number of carbonyl (C=O) groups is 2. The number of carbonyl (C=O) groups excluding carboxylic acids is 1. The summed E-state index contributed by atoms with van der Waals surface area (Å²) in [5.41, 5.74) is 0.993. The van der Waals surface area contributed by atoms with E-state index in [1.54, 1.807) is 18.7 Å². The van der Waals surface area contributed by atoms with Gasteiger partial charge in [-0.15, -0.1) is 0 Å². The van der Waals surface area contributed by atoms with Gasteiger partial charge in [-0.05, 0) is 32.4 Å². The van der Waals surface area contributed by atoms with Crippen molar-refractivity contribution in [2.75, 3.05) is 26.2 Å². The summed E-state index contributed by atoms with van der Waals surface area (Å²) in [6.07, 6.45) is -0.556. The van der Waals surface area contributed by atoms with Crippen LogP contribution in [0.4, 0.5) is 0 Å². The molecule has 1 saturated heterocycles. The van der Waals surface area contributed by atoms with Crippen molar-refractivity contribution in [1.82, 2.24) is 9.80 Å². The molecule has 23 heavy (non-hydrogen) atoms. The van der Waals surface area contributed by atoms with Gasteiger partial charge >= 0.3 is 5.97 Å². The van der Waals surface area contributed by atoms with E-state index in [4.69, 9.17) is 9.84 Å². The third kappa shape index (κ3) is 4.22. The monoisotopic (exact) mass is 320 g/mol. The number of carboxylic acid groups (broad SMARTS) is 1. The third-order valence-electron chi connectivity index (χ3n) is 4.28. The van der Waals surface area contributed by atoms with Crippen LogP contribution in [0.5, 0.6) is 5.75 Å². The molecule has 1 fully saturated rings. The second-order valence-electron chi connectivity index (χ2n) is 5.90. The fraction of sp³-hybridized carbons (Fsp3) is 0.529. The van der Waals surface area contributed by atoms with Gasteiger partial charge in [-0.3, -0.25) is 14.5 Å². The standard InChI is InChI=1S/C17H24N2O4/c1-12-6-4-5-7-15(12)23-14(3)16(20)19-10-8-18(9-11-19)13(2)17(21)22/h4-7,13-14H,8-11H2,1-3H3,(H,21,22). The molecule has 1 N–H and O–H groups in total. The zero-order chi connectivity index (χ0) is 17.0. The molecule has 1 aromatic carbocycles. The van der Waals surface area contributed by atoms with Crippen LogP contribution in [0.3, 0.4) is 0 Å². The second kappa shape index (κ2) is 7.46. The van der Waals surface area contributed by atoms with Crippen LogP contribution in [0.15, 0.2) is 24.3 Å². The number of rotatable bonds is 5. The first-order valence-electron chi connectivity index (χ1n) is 7.88. The molecule has 6 nitrogen and oxygen atoms in total. The Morgan fingerprint density at radius 2 is 1.74 bits per heavy atom. The zero-order valence-electron chi connectivity index (χ0n) is 13.9. The van der Waals surface area contributed by atoms with Crippen molar-refractivity contribution < 1.29 is 19.4 Å². The average molecular weight is 320 g/mol. The second-order valence-corrected chi connectivity index (χ2v) is 5.90. The van der Waals surface area contributed by atoms with Gasteiger partial charge in [0, 0.05) is 26.2 Å². The number of aryl methyl sites for hydroxylation is 1. The van der Waals surface area contributed by atoms with Crippen LogP contribution in [-0.2, 0) is 9.59 Å². The summed E-state index contributed by atoms with van der Waals surface area (Å²) in [7, 11) is 0. The smallest absolute Gasteiger partial charge is 0.320 e. The van der Waals surface area contributed by atoms with Crippen LogP contribution in [0.2, 0.25) is 0 Å². The molecule has 6 heteroatoms. The average Bonchev–Trinajstić information content (AvgIpc) is 2.55. The lowest BCUT2D eigenvalue weighted by Crippen LogP contribution is -2.55. The van der Waals surface area contributed by atoms with Crippen molar-refractivity contribution in [3.63, 3.8) is 0 Å². The first-order chi connectivity index (χ1) is 10.9. The van der Waals surface area contributed by atoms with Crippen LogP contribution in [0.25, 0.3) is 0 Å². The fourth-order valence-corrected chi connectivity index (χ4v) is 2.67. The van der Waals surface area contributed by atoms with Gasteiger partial charge < -0.3 is 14.7 Å². The maximum atomic E-state index is 12.5. The van der Waals surface area contributed by atoms with Gasteiger partial charge in [-0.25, -0.2) is 0 Å². The summed E-state index contributed by atoms with van der Waals surface area (Å²) in [4.78, 5) is 27.1. The summed E-state index contributed by atoms with van der Waals surface area (Å²) in [5.74, 6) is -0.177. The quantitative estimate of drug-likeness (QED) is 0.887.